The molecule has 0 amide bonds. The molecule has 1 fully saturated rings. The Labute approximate surface area is 26.8 Å². The van der Waals surface area contributed by atoms with Crippen molar-refractivity contribution in [2.75, 3.05) is 0 Å². The third-order valence-electron chi connectivity index (χ3n) is 0.816. The summed E-state index contributed by atoms with van der Waals surface area (Å²) in [6, 6.07) is 0. The zero-order valence-electron chi connectivity index (χ0n) is 2.70. The Morgan fingerprint density at radius 2 is 1.50 bits per heavy atom. The zero-order valence-corrected chi connectivity index (χ0v) is 2.70. The highest BCUT2D eigenvalue weighted by Gasteiger charge is 2.07. The summed E-state index contributed by atoms with van der Waals surface area (Å²) < 4.78 is 0. The summed E-state index contributed by atoms with van der Waals surface area (Å²) in [5.41, 5.74) is 0. The van der Waals surface area contributed by atoms with Crippen LogP contribution in [0.15, 0.2) is 0 Å². The largest absolute Gasteiger partial charge is 0.0916 e. The van der Waals surface area contributed by atoms with E-state index in [1.54, 1.807) is 0 Å². The van der Waals surface area contributed by atoms with Gasteiger partial charge < -0.3 is 0 Å². The summed E-state index contributed by atoms with van der Waals surface area (Å²) in [6.07, 6.45) is 6.50. The van der Waals surface area contributed by atoms with Crippen LogP contribution in [0.3, 0.4) is 0 Å². The predicted molar refractivity (Wildman–Crippen MR) is 18.2 cm³/mol. The fraction of sp³-hybridized carbons (Fsp3) is 0.750. The maximum atomic E-state index is 2.31. The van der Waals surface area contributed by atoms with Crippen molar-refractivity contribution < 1.29 is 0 Å². The van der Waals surface area contributed by atoms with Crippen molar-refractivity contribution in [3.8, 4) is 0 Å². The van der Waals surface area contributed by atoms with Crippen molar-refractivity contribution in [2.45, 2.75) is 19.3 Å². The standard InChI is InChI=1S/C4H7/c1-2-4-3-1/h1H,2-4H2/q+1. The quantitative estimate of drug-likeness (QED) is 0.367. The lowest BCUT2D eigenvalue weighted by molar-refractivity contribution is 0.652. The molecule has 0 aromatic carbocycles. The molecule has 0 heterocycles. The van der Waals surface area contributed by atoms with E-state index in [4.69, 9.17) is 0 Å². The van der Waals surface area contributed by atoms with Gasteiger partial charge in [0.25, 0.3) is 0 Å². The monoisotopic (exact) mass is 55.1 g/mol. The second-order valence-corrected chi connectivity index (χ2v) is 1.22. The van der Waals surface area contributed by atoms with E-state index in [9.17, 15) is 0 Å². The molecule has 0 radical (unpaired) electrons. The molecule has 0 N–H and O–H groups in total. The molecule has 1 saturated carbocycles. The minimum atomic E-state index is 1.38. The fourth-order valence-electron chi connectivity index (χ4n) is 0.204. The Kier molecular flexibility index (Phi) is 0.357. The van der Waals surface area contributed by atoms with Gasteiger partial charge in [-0.3, -0.25) is 0 Å². The normalized spacial score (nSPS) is 22.0. The van der Waals surface area contributed by atoms with E-state index in [1.807, 2.05) is 0 Å². The topological polar surface area (TPSA) is 0 Å². The summed E-state index contributed by atoms with van der Waals surface area (Å²) >= 11 is 0. The van der Waals surface area contributed by atoms with Crippen LogP contribution in [0, 0.1) is 6.42 Å². The molecule has 0 aliphatic heterocycles. The van der Waals surface area contributed by atoms with E-state index in [0.29, 0.717) is 0 Å². The predicted octanol–water partition coefficient (Wildman–Crippen LogP) is 1.37. The van der Waals surface area contributed by atoms with Crippen molar-refractivity contribution >= 4 is 0 Å². The third kappa shape index (κ3) is 0.0945. The second-order valence-electron chi connectivity index (χ2n) is 1.22. The van der Waals surface area contributed by atoms with E-state index in [2.05, 4.69) is 6.42 Å². The van der Waals surface area contributed by atoms with Gasteiger partial charge in [0.05, 0.1) is 19.3 Å². The van der Waals surface area contributed by atoms with Crippen LogP contribution in [0.5, 0.6) is 0 Å². The molecule has 1 aliphatic carbocycles. The summed E-state index contributed by atoms with van der Waals surface area (Å²) in [5, 5.41) is 0. The molecule has 0 heteroatoms. The Bertz CT molecular complexity index is 8.00. The summed E-state index contributed by atoms with van der Waals surface area (Å²) in [7, 11) is 0. The van der Waals surface area contributed by atoms with Crippen molar-refractivity contribution in [2.24, 2.45) is 0 Å². The Balaban J connectivity index is 2.00. The minimum Gasteiger partial charge on any atom is 0.0281 e. The maximum absolute atomic E-state index is 2.31. The molecule has 22 valence electrons. The first-order valence-corrected chi connectivity index (χ1v) is 1.82. The van der Waals surface area contributed by atoms with E-state index < -0.39 is 0 Å². The van der Waals surface area contributed by atoms with Gasteiger partial charge in [0, 0.05) is 6.42 Å². The molecule has 1 rings (SSSR count). The van der Waals surface area contributed by atoms with Crippen molar-refractivity contribution in [1.29, 1.82) is 0 Å². The van der Waals surface area contributed by atoms with E-state index in [1.165, 1.54) is 19.3 Å². The molecular formula is C4H7+. The SMILES string of the molecule is [CH+]1CCC1. The molecule has 0 bridgehead atoms. The van der Waals surface area contributed by atoms with Gasteiger partial charge in [-0.15, -0.1) is 0 Å². The fourth-order valence-corrected chi connectivity index (χ4v) is 0.204. The first-order valence-electron chi connectivity index (χ1n) is 1.82. The van der Waals surface area contributed by atoms with Gasteiger partial charge in [-0.2, -0.15) is 0 Å². The van der Waals surface area contributed by atoms with Crippen molar-refractivity contribution in [3.05, 3.63) is 6.42 Å². The van der Waals surface area contributed by atoms with Gasteiger partial charge in [-0.25, -0.2) is 0 Å². The molecule has 0 nitrogen and oxygen atoms in total. The summed E-state index contributed by atoms with van der Waals surface area (Å²) in [6.45, 7) is 0. The molecule has 0 aromatic rings. The van der Waals surface area contributed by atoms with Crippen LogP contribution in [0.1, 0.15) is 19.3 Å². The lowest BCUT2D eigenvalue weighted by Crippen LogP contribution is -1.87. The molecule has 0 spiro atoms. The number of hydrogen-bond donors (Lipinski definition) is 0. The first kappa shape index (κ1) is 2.13. The van der Waals surface area contributed by atoms with E-state index in [0.717, 1.165) is 0 Å². The van der Waals surface area contributed by atoms with Crippen molar-refractivity contribution in [1.82, 2.24) is 0 Å². The van der Waals surface area contributed by atoms with Gasteiger partial charge in [-0.05, 0) is 0 Å². The Morgan fingerprint density at radius 3 is 1.50 bits per heavy atom. The summed E-state index contributed by atoms with van der Waals surface area (Å²) in [4.78, 5) is 0. The van der Waals surface area contributed by atoms with Crippen LogP contribution in [-0.2, 0) is 0 Å². The van der Waals surface area contributed by atoms with E-state index >= 15 is 0 Å². The highest BCUT2D eigenvalue weighted by atomic mass is 14.0. The lowest BCUT2D eigenvalue weighted by Gasteiger charge is -1.93. The van der Waals surface area contributed by atoms with Crippen LogP contribution in [0.2, 0.25) is 0 Å². The van der Waals surface area contributed by atoms with Crippen LogP contribution < -0.4 is 0 Å². The Hall–Kier alpha value is -0.130. The van der Waals surface area contributed by atoms with E-state index in [-0.39, 0.29) is 0 Å². The van der Waals surface area contributed by atoms with Gasteiger partial charge in [-0.1, -0.05) is 0 Å². The second kappa shape index (κ2) is 0.670. The van der Waals surface area contributed by atoms with Gasteiger partial charge in [0.2, 0.25) is 0 Å². The van der Waals surface area contributed by atoms with Gasteiger partial charge >= 0.3 is 0 Å². The van der Waals surface area contributed by atoms with Crippen LogP contribution in [0.25, 0.3) is 0 Å². The molecule has 0 unspecified atom stereocenters. The average Bonchev–Trinajstić information content (AvgIpc) is 0.722. The average molecular weight is 55.1 g/mol. The van der Waals surface area contributed by atoms with Crippen molar-refractivity contribution in [3.63, 3.8) is 0 Å². The highest BCUT2D eigenvalue weighted by Crippen LogP contribution is 2.13. The lowest BCUT2D eigenvalue weighted by atomic mass is 10.0. The minimum absolute atomic E-state index is 1.38. The number of rotatable bonds is 0. The smallest absolute Gasteiger partial charge is 0.0281 e. The van der Waals surface area contributed by atoms with Gasteiger partial charge in [0.1, 0.15) is 0 Å². The highest BCUT2D eigenvalue weighted by molar-refractivity contribution is 4.74. The van der Waals surface area contributed by atoms with Crippen LogP contribution in [-0.4, -0.2) is 0 Å². The molecule has 0 aromatic heterocycles. The first-order chi connectivity index (χ1) is 2.00. The maximum Gasteiger partial charge on any atom is 0.0916 e. The summed E-state index contributed by atoms with van der Waals surface area (Å²) in [5.74, 6) is 0. The molecule has 0 saturated heterocycles. The molecule has 4 heavy (non-hydrogen) atoms. The van der Waals surface area contributed by atoms with Crippen LogP contribution in [0.4, 0.5) is 0 Å². The zero-order chi connectivity index (χ0) is 2.83. The number of hydrogen-bond acceptors (Lipinski definition) is 0. The molecule has 0 atom stereocenters. The Morgan fingerprint density at radius 1 is 1.25 bits per heavy atom. The third-order valence-corrected chi connectivity index (χ3v) is 0.816. The van der Waals surface area contributed by atoms with Crippen LogP contribution >= 0.6 is 0 Å². The molecule has 1 aliphatic rings. The van der Waals surface area contributed by atoms with Gasteiger partial charge in [0.15, 0.2) is 0 Å². The molecular weight excluding hydrogens is 48.0 g/mol.